The molecule has 0 saturated carbocycles. The van der Waals surface area contributed by atoms with Crippen molar-refractivity contribution in [2.24, 2.45) is 0 Å². The molecule has 1 saturated heterocycles. The number of aliphatic hydroxyl groups excluding tert-OH is 1. The fourth-order valence-corrected chi connectivity index (χ4v) is 4.72. The monoisotopic (exact) mass is 503 g/mol. The highest BCUT2D eigenvalue weighted by Gasteiger charge is 2.32. The van der Waals surface area contributed by atoms with E-state index >= 15 is 0 Å². The highest BCUT2D eigenvalue weighted by Crippen LogP contribution is 2.39. The van der Waals surface area contributed by atoms with Crippen molar-refractivity contribution < 1.29 is 19.4 Å². The van der Waals surface area contributed by atoms with Crippen LogP contribution in [-0.2, 0) is 16.1 Å². The van der Waals surface area contributed by atoms with E-state index in [9.17, 15) is 9.90 Å². The molecule has 4 aromatic rings. The molecule has 1 aliphatic heterocycles. The third kappa shape index (κ3) is 5.97. The number of carbonyl (C=O) groups is 1. The van der Waals surface area contributed by atoms with Crippen LogP contribution < -0.4 is 5.32 Å². The molecule has 3 atom stereocenters. The molecule has 9 nitrogen and oxygen atoms in total. The van der Waals surface area contributed by atoms with Crippen molar-refractivity contribution in [1.29, 1.82) is 0 Å². The summed E-state index contributed by atoms with van der Waals surface area (Å²) >= 11 is 1.54. The number of aliphatic hydroxyl groups is 1. The lowest BCUT2D eigenvalue weighted by Crippen LogP contribution is -2.31. The largest absolute Gasteiger partial charge is 0.392 e. The van der Waals surface area contributed by atoms with E-state index in [1.165, 1.54) is 24.3 Å². The minimum atomic E-state index is -0.628. The first-order valence-electron chi connectivity index (χ1n) is 11.5. The molecule has 2 aromatic carbocycles. The normalized spacial score (nSPS) is 19.6. The van der Waals surface area contributed by atoms with Crippen molar-refractivity contribution in [3.63, 3.8) is 0 Å². The van der Waals surface area contributed by atoms with Crippen LogP contribution >= 0.6 is 11.8 Å². The van der Waals surface area contributed by atoms with Crippen molar-refractivity contribution in [2.75, 3.05) is 11.1 Å². The zero-order valence-electron chi connectivity index (χ0n) is 19.3. The lowest BCUT2D eigenvalue weighted by atomic mass is 10.0. The van der Waals surface area contributed by atoms with E-state index in [1.54, 1.807) is 18.3 Å². The van der Waals surface area contributed by atoms with Gasteiger partial charge < -0.3 is 19.9 Å². The quantitative estimate of drug-likeness (QED) is 0.305. The van der Waals surface area contributed by atoms with Crippen molar-refractivity contribution in [3.8, 4) is 0 Å². The molecular weight excluding hydrogens is 478 g/mol. The lowest BCUT2D eigenvalue weighted by molar-refractivity contribution is -0.245. The van der Waals surface area contributed by atoms with Crippen LogP contribution in [0.3, 0.4) is 0 Å². The second-order valence-corrected chi connectivity index (χ2v) is 9.28. The maximum Gasteiger partial charge on any atom is 0.257 e. The highest BCUT2D eigenvalue weighted by atomic mass is 32.2. The number of rotatable bonds is 8. The van der Waals surface area contributed by atoms with Gasteiger partial charge in [0.1, 0.15) is 6.33 Å². The molecule has 2 aromatic heterocycles. The molecule has 36 heavy (non-hydrogen) atoms. The first kappa shape index (κ1) is 24.1. The van der Waals surface area contributed by atoms with Crippen LogP contribution in [0.4, 0.5) is 5.69 Å². The number of H-pyrrole nitrogens is 1. The summed E-state index contributed by atoms with van der Waals surface area (Å²) in [6.07, 6.45) is 4.34. The summed E-state index contributed by atoms with van der Waals surface area (Å²) < 4.78 is 12.7. The molecule has 0 radical (unpaired) electrons. The summed E-state index contributed by atoms with van der Waals surface area (Å²) in [6.45, 7) is -0.00839. The number of nitrogens with zero attached hydrogens (tertiary/aromatic N) is 3. The van der Waals surface area contributed by atoms with Gasteiger partial charge in [0.25, 0.3) is 5.91 Å². The van der Waals surface area contributed by atoms with Gasteiger partial charge in [-0.1, -0.05) is 48.2 Å². The Balaban J connectivity index is 1.35. The van der Waals surface area contributed by atoms with Gasteiger partial charge in [0.2, 0.25) is 0 Å². The fourth-order valence-electron chi connectivity index (χ4n) is 3.92. The second-order valence-electron chi connectivity index (χ2n) is 8.27. The predicted octanol–water partition coefficient (Wildman–Crippen LogP) is 4.28. The average Bonchev–Trinajstić information content (AvgIpc) is 3.46. The Morgan fingerprint density at radius 2 is 2.00 bits per heavy atom. The number of benzene rings is 2. The minimum absolute atomic E-state index is 0.00839. The van der Waals surface area contributed by atoms with Gasteiger partial charge in [0.15, 0.2) is 11.4 Å². The third-order valence-corrected chi connectivity index (χ3v) is 6.76. The molecule has 1 fully saturated rings. The SMILES string of the molecule is O=C(Nc1cccc([C@@H]2O[C@H](CSc3ncn[nH]3)C[C@H](c3ccc(CO)cc3)O2)c1)c1cccnc1. The molecule has 1 amide bonds. The molecule has 0 unspecified atom stereocenters. The third-order valence-electron chi connectivity index (χ3n) is 5.75. The second kappa shape index (κ2) is 11.4. The zero-order valence-corrected chi connectivity index (χ0v) is 20.1. The molecule has 184 valence electrons. The van der Waals surface area contributed by atoms with E-state index in [2.05, 4.69) is 25.5 Å². The van der Waals surface area contributed by atoms with E-state index in [-0.39, 0.29) is 24.7 Å². The number of carbonyl (C=O) groups excluding carboxylic acids is 1. The van der Waals surface area contributed by atoms with Gasteiger partial charge in [-0.3, -0.25) is 14.9 Å². The predicted molar refractivity (Wildman–Crippen MR) is 134 cm³/mol. The molecule has 0 bridgehead atoms. The van der Waals surface area contributed by atoms with Gasteiger partial charge in [-0.25, -0.2) is 4.98 Å². The topological polar surface area (TPSA) is 122 Å². The van der Waals surface area contributed by atoms with Crippen molar-refractivity contribution in [1.82, 2.24) is 20.2 Å². The maximum absolute atomic E-state index is 12.6. The summed E-state index contributed by atoms with van der Waals surface area (Å²) in [4.78, 5) is 20.8. The lowest BCUT2D eigenvalue weighted by Gasteiger charge is -2.36. The molecule has 0 spiro atoms. The van der Waals surface area contributed by atoms with Gasteiger partial charge in [-0.15, -0.1) is 0 Å². The summed E-state index contributed by atoms with van der Waals surface area (Å²) in [5, 5.41) is 19.8. The van der Waals surface area contributed by atoms with Gasteiger partial charge in [-0.05, 0) is 35.4 Å². The van der Waals surface area contributed by atoms with E-state index in [0.717, 1.165) is 21.8 Å². The smallest absolute Gasteiger partial charge is 0.257 e. The first-order valence-corrected chi connectivity index (χ1v) is 12.5. The Labute approximate surface area is 212 Å². The van der Waals surface area contributed by atoms with Crippen LogP contribution in [0.15, 0.2) is 84.5 Å². The molecule has 5 rings (SSSR count). The molecular formula is C26H25N5O4S. The van der Waals surface area contributed by atoms with E-state index in [0.29, 0.717) is 23.4 Å². The number of aromatic nitrogens is 4. The van der Waals surface area contributed by atoms with Gasteiger partial charge in [0, 0.05) is 35.8 Å². The van der Waals surface area contributed by atoms with Crippen LogP contribution in [0.5, 0.6) is 0 Å². The summed E-state index contributed by atoms with van der Waals surface area (Å²) in [6, 6.07) is 18.6. The van der Waals surface area contributed by atoms with E-state index in [4.69, 9.17) is 9.47 Å². The number of nitrogens with one attached hydrogen (secondary N) is 2. The number of hydrogen-bond acceptors (Lipinski definition) is 8. The Morgan fingerprint density at radius 3 is 2.75 bits per heavy atom. The number of aromatic amines is 1. The van der Waals surface area contributed by atoms with Crippen LogP contribution in [0.1, 0.15) is 45.9 Å². The Morgan fingerprint density at radius 1 is 1.11 bits per heavy atom. The average molecular weight is 504 g/mol. The van der Waals surface area contributed by atoms with Crippen molar-refractivity contribution in [2.45, 2.75) is 36.7 Å². The number of anilines is 1. The number of amides is 1. The molecule has 1 aliphatic rings. The van der Waals surface area contributed by atoms with Crippen molar-refractivity contribution in [3.05, 3.63) is 102 Å². The summed E-state index contributed by atoms with van der Waals surface area (Å²) in [7, 11) is 0. The van der Waals surface area contributed by atoms with Crippen LogP contribution in [0.2, 0.25) is 0 Å². The zero-order chi connectivity index (χ0) is 24.7. The first-order chi connectivity index (χ1) is 17.7. The maximum atomic E-state index is 12.6. The van der Waals surface area contributed by atoms with E-state index < -0.39 is 6.29 Å². The van der Waals surface area contributed by atoms with Gasteiger partial charge in [-0.2, -0.15) is 5.10 Å². The molecule has 3 N–H and O–H groups in total. The van der Waals surface area contributed by atoms with E-state index in [1.807, 2.05) is 48.5 Å². The number of pyridine rings is 1. The number of thioether (sulfide) groups is 1. The van der Waals surface area contributed by atoms with Crippen LogP contribution in [0.25, 0.3) is 0 Å². The molecule has 0 aliphatic carbocycles. The minimum Gasteiger partial charge on any atom is -0.392 e. The summed E-state index contributed by atoms with van der Waals surface area (Å²) in [5.41, 5.74) is 3.76. The number of ether oxygens (including phenoxy) is 2. The molecule has 3 heterocycles. The van der Waals surface area contributed by atoms with Gasteiger partial charge >= 0.3 is 0 Å². The fraction of sp³-hybridized carbons (Fsp3) is 0.231. The summed E-state index contributed by atoms with van der Waals surface area (Å²) in [5.74, 6) is 0.423. The van der Waals surface area contributed by atoms with Crippen LogP contribution in [-0.4, -0.2) is 43.0 Å². The van der Waals surface area contributed by atoms with Gasteiger partial charge in [0.05, 0.1) is 24.4 Å². The highest BCUT2D eigenvalue weighted by molar-refractivity contribution is 7.99. The number of hydrogen-bond donors (Lipinski definition) is 3. The van der Waals surface area contributed by atoms with Crippen LogP contribution in [0, 0.1) is 0 Å². The standard InChI is InChI=1S/C26H25N5O4S/c32-14-17-6-8-18(9-7-17)23-12-22(15-36-26-28-16-29-31-26)34-25(35-23)19-3-1-5-21(11-19)30-24(33)20-4-2-10-27-13-20/h1-11,13,16,22-23,25,32H,12,14-15H2,(H,30,33)(H,28,29,31)/t22-,23+,25+/m0/s1. The Kier molecular flexibility index (Phi) is 7.67. The molecule has 10 heteroatoms. The van der Waals surface area contributed by atoms with Crippen molar-refractivity contribution >= 4 is 23.4 Å². The Hall–Kier alpha value is -3.57. The Bertz CT molecular complexity index is 1270.